The summed E-state index contributed by atoms with van der Waals surface area (Å²) in [6.07, 6.45) is 0. The van der Waals surface area contributed by atoms with Crippen molar-refractivity contribution in [2.24, 2.45) is 0 Å². The first-order chi connectivity index (χ1) is 9.68. The zero-order valence-electron chi connectivity index (χ0n) is 10.8. The van der Waals surface area contributed by atoms with Crippen molar-refractivity contribution in [2.45, 2.75) is 6.92 Å². The summed E-state index contributed by atoms with van der Waals surface area (Å²) in [7, 11) is 0. The van der Waals surface area contributed by atoms with Crippen LogP contribution in [0.15, 0.2) is 63.8 Å². The topological polar surface area (TPSA) is 35.1 Å². The van der Waals surface area contributed by atoms with E-state index >= 15 is 0 Å². The Labute approximate surface area is 130 Å². The van der Waals surface area contributed by atoms with E-state index in [4.69, 9.17) is 4.42 Å². The monoisotopic (exact) mass is 377 g/mol. The van der Waals surface area contributed by atoms with Crippen molar-refractivity contribution < 1.29 is 4.42 Å². The molecule has 0 aliphatic heterocycles. The maximum Gasteiger partial charge on any atom is 0.425 e. The van der Waals surface area contributed by atoms with Crippen molar-refractivity contribution in [3.8, 4) is 17.0 Å². The van der Waals surface area contributed by atoms with Gasteiger partial charge in [0.15, 0.2) is 5.76 Å². The molecule has 0 N–H and O–H groups in total. The number of hydrogen-bond acceptors (Lipinski definition) is 2. The number of aromatic nitrogens is 1. The van der Waals surface area contributed by atoms with E-state index in [0.29, 0.717) is 5.76 Å². The molecule has 1 aromatic heterocycles. The standard InChI is InChI=1S/C16H12INO2/c1-11-7-5-6-10-13(11)18-15(17)14(20-16(18)19)12-8-3-2-4-9-12/h2-10H,1H3. The Morgan fingerprint density at radius 3 is 2.35 bits per heavy atom. The van der Waals surface area contributed by atoms with Gasteiger partial charge in [-0.15, -0.1) is 0 Å². The third-order valence-corrected chi connectivity index (χ3v) is 4.12. The van der Waals surface area contributed by atoms with Crippen molar-refractivity contribution in [2.75, 3.05) is 0 Å². The molecule has 3 aromatic rings. The Kier molecular flexibility index (Phi) is 3.48. The number of oxazole rings is 1. The van der Waals surface area contributed by atoms with Crippen LogP contribution in [0.3, 0.4) is 0 Å². The first-order valence-corrected chi connectivity index (χ1v) is 7.29. The average molecular weight is 377 g/mol. The summed E-state index contributed by atoms with van der Waals surface area (Å²) in [6, 6.07) is 17.4. The predicted octanol–water partition coefficient (Wildman–Crippen LogP) is 4.01. The second kappa shape index (κ2) is 5.28. The van der Waals surface area contributed by atoms with E-state index in [-0.39, 0.29) is 5.76 Å². The lowest BCUT2D eigenvalue weighted by Gasteiger charge is -2.05. The average Bonchev–Trinajstić information content (AvgIpc) is 2.76. The fraction of sp³-hybridized carbons (Fsp3) is 0.0625. The van der Waals surface area contributed by atoms with Crippen LogP contribution in [-0.2, 0) is 0 Å². The normalized spacial score (nSPS) is 10.7. The molecule has 1 heterocycles. The van der Waals surface area contributed by atoms with Gasteiger partial charge in [0, 0.05) is 5.56 Å². The summed E-state index contributed by atoms with van der Waals surface area (Å²) < 4.78 is 7.84. The fourth-order valence-electron chi connectivity index (χ4n) is 2.14. The zero-order chi connectivity index (χ0) is 14.1. The summed E-state index contributed by atoms with van der Waals surface area (Å²) in [4.78, 5) is 12.2. The van der Waals surface area contributed by atoms with Crippen LogP contribution in [0.4, 0.5) is 0 Å². The molecule has 0 aliphatic rings. The molecular formula is C16H12INO2. The van der Waals surface area contributed by atoms with Crippen LogP contribution in [0.5, 0.6) is 0 Å². The molecule has 0 fully saturated rings. The number of para-hydroxylation sites is 1. The van der Waals surface area contributed by atoms with E-state index in [0.717, 1.165) is 20.5 Å². The minimum atomic E-state index is -0.359. The van der Waals surface area contributed by atoms with Gasteiger partial charge >= 0.3 is 5.76 Å². The minimum Gasteiger partial charge on any atom is -0.406 e. The highest BCUT2D eigenvalue weighted by Gasteiger charge is 2.17. The Morgan fingerprint density at radius 1 is 1.00 bits per heavy atom. The molecule has 0 saturated heterocycles. The highest BCUT2D eigenvalue weighted by molar-refractivity contribution is 14.1. The van der Waals surface area contributed by atoms with Gasteiger partial charge in [-0.05, 0) is 41.1 Å². The van der Waals surface area contributed by atoms with Gasteiger partial charge in [-0.2, -0.15) is 0 Å². The van der Waals surface area contributed by atoms with E-state index in [1.165, 1.54) is 0 Å². The molecule has 0 spiro atoms. The van der Waals surface area contributed by atoms with E-state index in [1.807, 2.05) is 61.5 Å². The molecule has 0 atom stereocenters. The van der Waals surface area contributed by atoms with Gasteiger partial charge in [0.25, 0.3) is 0 Å². The Hall–Kier alpha value is -1.82. The third kappa shape index (κ3) is 2.20. The molecule has 3 nitrogen and oxygen atoms in total. The maximum absolute atomic E-state index is 12.2. The molecule has 0 amide bonds. The number of hydrogen-bond donors (Lipinski definition) is 0. The summed E-state index contributed by atoms with van der Waals surface area (Å²) in [5, 5.41) is 0. The first kappa shape index (κ1) is 13.2. The van der Waals surface area contributed by atoms with E-state index < -0.39 is 0 Å². The Bertz CT molecular complexity index is 803. The van der Waals surface area contributed by atoms with Crippen LogP contribution in [0.25, 0.3) is 17.0 Å². The van der Waals surface area contributed by atoms with Crippen molar-refractivity contribution in [1.29, 1.82) is 0 Å². The number of benzene rings is 2. The molecule has 4 heteroatoms. The summed E-state index contributed by atoms with van der Waals surface area (Å²) in [5.41, 5.74) is 2.79. The number of halogens is 1. The van der Waals surface area contributed by atoms with Crippen molar-refractivity contribution >= 4 is 22.6 Å². The second-order valence-electron chi connectivity index (χ2n) is 4.48. The molecule has 100 valence electrons. The number of rotatable bonds is 2. The summed E-state index contributed by atoms with van der Waals surface area (Å²) in [6.45, 7) is 1.98. The zero-order valence-corrected chi connectivity index (χ0v) is 13.0. The van der Waals surface area contributed by atoms with Crippen molar-refractivity contribution in [1.82, 2.24) is 4.57 Å². The largest absolute Gasteiger partial charge is 0.425 e. The van der Waals surface area contributed by atoms with Crippen LogP contribution in [0, 0.1) is 10.6 Å². The lowest BCUT2D eigenvalue weighted by atomic mass is 10.2. The van der Waals surface area contributed by atoms with Gasteiger partial charge < -0.3 is 4.42 Å². The van der Waals surface area contributed by atoms with Gasteiger partial charge in [-0.3, -0.25) is 0 Å². The highest BCUT2D eigenvalue weighted by atomic mass is 127. The first-order valence-electron chi connectivity index (χ1n) is 6.21. The molecule has 0 aliphatic carbocycles. The lowest BCUT2D eigenvalue weighted by molar-refractivity contribution is 0.516. The van der Waals surface area contributed by atoms with Crippen molar-refractivity contribution in [3.63, 3.8) is 0 Å². The van der Waals surface area contributed by atoms with Crippen LogP contribution in [0.2, 0.25) is 0 Å². The van der Waals surface area contributed by atoms with Gasteiger partial charge in [-0.25, -0.2) is 9.36 Å². The van der Waals surface area contributed by atoms with Gasteiger partial charge in [0.05, 0.1) is 5.69 Å². The lowest BCUT2D eigenvalue weighted by Crippen LogP contribution is -2.14. The van der Waals surface area contributed by atoms with Gasteiger partial charge in [0.2, 0.25) is 0 Å². The van der Waals surface area contributed by atoms with Crippen LogP contribution in [-0.4, -0.2) is 4.57 Å². The molecule has 0 radical (unpaired) electrons. The molecule has 0 saturated carbocycles. The van der Waals surface area contributed by atoms with Crippen LogP contribution >= 0.6 is 22.6 Å². The van der Waals surface area contributed by atoms with Gasteiger partial charge in [0.1, 0.15) is 3.70 Å². The molecular weight excluding hydrogens is 365 g/mol. The minimum absolute atomic E-state index is 0.359. The molecule has 0 bridgehead atoms. The highest BCUT2D eigenvalue weighted by Crippen LogP contribution is 2.26. The molecule has 20 heavy (non-hydrogen) atoms. The van der Waals surface area contributed by atoms with E-state index in [1.54, 1.807) is 4.57 Å². The van der Waals surface area contributed by atoms with Crippen LogP contribution < -0.4 is 5.76 Å². The molecule has 2 aromatic carbocycles. The molecule has 0 unspecified atom stereocenters. The predicted molar refractivity (Wildman–Crippen MR) is 87.2 cm³/mol. The Morgan fingerprint density at radius 2 is 1.65 bits per heavy atom. The van der Waals surface area contributed by atoms with E-state index in [2.05, 4.69) is 22.6 Å². The van der Waals surface area contributed by atoms with E-state index in [9.17, 15) is 4.79 Å². The summed E-state index contributed by atoms with van der Waals surface area (Å²) >= 11 is 2.15. The smallest absolute Gasteiger partial charge is 0.406 e. The second-order valence-corrected chi connectivity index (χ2v) is 5.50. The number of nitrogens with zero attached hydrogens (tertiary/aromatic N) is 1. The SMILES string of the molecule is Cc1ccccc1-n1c(I)c(-c2ccccc2)oc1=O. The summed E-state index contributed by atoms with van der Waals surface area (Å²) in [5.74, 6) is 0.252. The van der Waals surface area contributed by atoms with Gasteiger partial charge in [-0.1, -0.05) is 48.5 Å². The molecule has 3 rings (SSSR count). The third-order valence-electron chi connectivity index (χ3n) is 3.15. The fourth-order valence-corrected chi connectivity index (χ4v) is 3.02. The quantitative estimate of drug-likeness (QED) is 0.633. The van der Waals surface area contributed by atoms with Crippen LogP contribution in [0.1, 0.15) is 5.56 Å². The van der Waals surface area contributed by atoms with Crippen molar-refractivity contribution in [3.05, 3.63) is 74.4 Å². The Balaban J connectivity index is 2.23. The maximum atomic E-state index is 12.2. The number of aryl methyl sites for hydroxylation is 1.